The van der Waals surface area contributed by atoms with E-state index in [9.17, 15) is 9.59 Å². The first-order valence-electron chi connectivity index (χ1n) is 7.78. The van der Waals surface area contributed by atoms with E-state index in [0.29, 0.717) is 31.7 Å². The fraction of sp³-hybridized carbons (Fsp3) is 0.353. The molecule has 0 saturated carbocycles. The zero-order chi connectivity index (χ0) is 16.2. The number of rotatable bonds is 3. The third kappa shape index (κ3) is 3.59. The maximum atomic E-state index is 12.4. The average molecular weight is 312 g/mol. The molecule has 120 valence electrons. The molecule has 6 nitrogen and oxygen atoms in total. The van der Waals surface area contributed by atoms with Gasteiger partial charge in [0.25, 0.3) is 0 Å². The fourth-order valence-corrected chi connectivity index (χ4v) is 2.85. The van der Waals surface area contributed by atoms with E-state index in [1.54, 1.807) is 28.9 Å². The first-order valence-corrected chi connectivity index (χ1v) is 7.78. The van der Waals surface area contributed by atoms with Gasteiger partial charge in [-0.2, -0.15) is 5.10 Å². The summed E-state index contributed by atoms with van der Waals surface area (Å²) in [6.45, 7) is 1.17. The van der Waals surface area contributed by atoms with Crippen molar-refractivity contribution < 1.29 is 9.59 Å². The molecule has 0 aliphatic carbocycles. The number of hydrogen-bond donors (Lipinski definition) is 1. The number of likely N-dealkylation sites (tertiary alicyclic amines) is 1. The van der Waals surface area contributed by atoms with Crippen LogP contribution in [0.1, 0.15) is 23.2 Å². The molecule has 3 rings (SSSR count). The number of carbonyl (C=O) groups excluding carboxylic acids is 2. The zero-order valence-corrected chi connectivity index (χ0v) is 13.1. The van der Waals surface area contributed by atoms with Gasteiger partial charge >= 0.3 is 6.03 Å². The number of piperidine rings is 1. The summed E-state index contributed by atoms with van der Waals surface area (Å²) < 4.78 is 1.64. The minimum Gasteiger partial charge on any atom is -0.324 e. The number of anilines is 1. The van der Waals surface area contributed by atoms with E-state index in [1.807, 2.05) is 30.3 Å². The van der Waals surface area contributed by atoms with Gasteiger partial charge in [0.1, 0.15) is 0 Å². The van der Waals surface area contributed by atoms with Crippen LogP contribution in [0.3, 0.4) is 0 Å². The van der Waals surface area contributed by atoms with E-state index in [2.05, 4.69) is 10.4 Å². The summed E-state index contributed by atoms with van der Waals surface area (Å²) in [4.78, 5) is 26.4. The number of benzene rings is 1. The van der Waals surface area contributed by atoms with E-state index in [0.717, 1.165) is 5.56 Å². The highest BCUT2D eigenvalue weighted by Crippen LogP contribution is 2.22. The second-order valence-electron chi connectivity index (χ2n) is 5.80. The van der Waals surface area contributed by atoms with Gasteiger partial charge in [0.15, 0.2) is 11.6 Å². The van der Waals surface area contributed by atoms with E-state index >= 15 is 0 Å². The second-order valence-corrected chi connectivity index (χ2v) is 5.80. The van der Waals surface area contributed by atoms with Crippen molar-refractivity contribution in [2.45, 2.75) is 12.8 Å². The van der Waals surface area contributed by atoms with E-state index < -0.39 is 0 Å². The van der Waals surface area contributed by atoms with Gasteiger partial charge in [0, 0.05) is 43.9 Å². The summed E-state index contributed by atoms with van der Waals surface area (Å²) in [6.07, 6.45) is 3.17. The Morgan fingerprint density at radius 1 is 1.13 bits per heavy atom. The van der Waals surface area contributed by atoms with Crippen molar-refractivity contribution >= 4 is 17.6 Å². The molecule has 0 spiro atoms. The minimum atomic E-state index is -0.158. The highest BCUT2D eigenvalue weighted by atomic mass is 16.2. The predicted octanol–water partition coefficient (Wildman–Crippen LogP) is 2.55. The number of urea groups is 1. The lowest BCUT2D eigenvalue weighted by Gasteiger charge is -2.31. The molecule has 0 atom stereocenters. The molecule has 2 aromatic rings. The number of nitrogens with zero attached hydrogens (tertiary/aromatic N) is 3. The Balaban J connectivity index is 1.54. The van der Waals surface area contributed by atoms with Gasteiger partial charge in [-0.05, 0) is 12.8 Å². The van der Waals surface area contributed by atoms with Crippen molar-refractivity contribution in [2.24, 2.45) is 13.0 Å². The normalized spacial score (nSPS) is 15.4. The SMILES string of the molecule is Cn1ccc(NC(=O)N2CCC(C(=O)c3ccccc3)CC2)n1. The third-order valence-electron chi connectivity index (χ3n) is 4.16. The zero-order valence-electron chi connectivity index (χ0n) is 13.1. The van der Waals surface area contributed by atoms with Crippen molar-refractivity contribution in [3.05, 3.63) is 48.2 Å². The minimum absolute atomic E-state index is 0.00343. The summed E-state index contributed by atoms with van der Waals surface area (Å²) in [6, 6.07) is 11.0. The van der Waals surface area contributed by atoms with Crippen LogP contribution in [-0.4, -0.2) is 39.6 Å². The summed E-state index contributed by atoms with van der Waals surface area (Å²) in [5, 5.41) is 6.91. The quantitative estimate of drug-likeness (QED) is 0.886. The van der Waals surface area contributed by atoms with Crippen molar-refractivity contribution in [1.82, 2.24) is 14.7 Å². The Morgan fingerprint density at radius 3 is 2.43 bits per heavy atom. The van der Waals surface area contributed by atoms with Crippen molar-refractivity contribution in [1.29, 1.82) is 0 Å². The van der Waals surface area contributed by atoms with Crippen LogP contribution in [-0.2, 0) is 7.05 Å². The van der Waals surface area contributed by atoms with Gasteiger partial charge in [-0.25, -0.2) is 4.79 Å². The molecule has 23 heavy (non-hydrogen) atoms. The van der Waals surface area contributed by atoms with Crippen LogP contribution in [0.25, 0.3) is 0 Å². The van der Waals surface area contributed by atoms with E-state index in [4.69, 9.17) is 0 Å². The highest BCUT2D eigenvalue weighted by Gasteiger charge is 2.28. The van der Waals surface area contributed by atoms with Gasteiger partial charge in [-0.3, -0.25) is 14.8 Å². The van der Waals surface area contributed by atoms with Gasteiger partial charge in [0.2, 0.25) is 0 Å². The van der Waals surface area contributed by atoms with Gasteiger partial charge in [0.05, 0.1) is 0 Å². The number of carbonyl (C=O) groups is 2. The van der Waals surface area contributed by atoms with Gasteiger partial charge < -0.3 is 4.90 Å². The van der Waals surface area contributed by atoms with Gasteiger partial charge in [-0.15, -0.1) is 0 Å². The smallest absolute Gasteiger partial charge is 0.323 e. The first-order chi connectivity index (χ1) is 11.1. The first kappa shape index (κ1) is 15.3. The lowest BCUT2D eigenvalue weighted by molar-refractivity contribution is 0.0859. The van der Waals surface area contributed by atoms with Crippen molar-refractivity contribution in [3.63, 3.8) is 0 Å². The Morgan fingerprint density at radius 2 is 1.83 bits per heavy atom. The number of aryl methyl sites for hydroxylation is 1. The molecule has 1 aromatic carbocycles. The summed E-state index contributed by atoms with van der Waals surface area (Å²) in [5.41, 5.74) is 0.754. The molecule has 2 heterocycles. The van der Waals surface area contributed by atoms with Crippen molar-refractivity contribution in [2.75, 3.05) is 18.4 Å². The van der Waals surface area contributed by atoms with Crippen LogP contribution in [0.15, 0.2) is 42.6 Å². The Bertz CT molecular complexity index is 688. The average Bonchev–Trinajstić information content (AvgIpc) is 3.00. The Hall–Kier alpha value is -2.63. The fourth-order valence-electron chi connectivity index (χ4n) is 2.85. The molecule has 1 aromatic heterocycles. The number of nitrogens with one attached hydrogen (secondary N) is 1. The Kier molecular flexibility index (Phi) is 4.41. The largest absolute Gasteiger partial charge is 0.324 e. The molecule has 1 N–H and O–H groups in total. The van der Waals surface area contributed by atoms with E-state index in [-0.39, 0.29) is 17.7 Å². The monoisotopic (exact) mass is 312 g/mol. The molecule has 2 amide bonds. The van der Waals surface area contributed by atoms with E-state index in [1.165, 1.54) is 0 Å². The molecule has 1 aliphatic heterocycles. The molecule has 1 saturated heterocycles. The van der Waals surface area contributed by atoms with Crippen LogP contribution in [0.4, 0.5) is 10.6 Å². The number of Topliss-reactive ketones (excluding diaryl/α,β-unsaturated/α-hetero) is 1. The van der Waals surface area contributed by atoms with Crippen LogP contribution >= 0.6 is 0 Å². The summed E-state index contributed by atoms with van der Waals surface area (Å²) in [7, 11) is 1.80. The molecule has 0 bridgehead atoms. The molecule has 1 fully saturated rings. The maximum absolute atomic E-state index is 12.4. The standard InChI is InChI=1S/C17H20N4O2/c1-20-10-9-15(19-20)18-17(23)21-11-7-14(8-12-21)16(22)13-5-3-2-4-6-13/h2-6,9-10,14H,7-8,11-12H2,1H3,(H,18,19,23). The number of hydrogen-bond acceptors (Lipinski definition) is 3. The summed E-state index contributed by atoms with van der Waals surface area (Å²) in [5.74, 6) is 0.715. The molecule has 0 radical (unpaired) electrons. The maximum Gasteiger partial charge on any atom is 0.323 e. The molecule has 1 aliphatic rings. The van der Waals surface area contributed by atoms with Gasteiger partial charge in [-0.1, -0.05) is 30.3 Å². The third-order valence-corrected chi connectivity index (χ3v) is 4.16. The van der Waals surface area contributed by atoms with Crippen LogP contribution in [0, 0.1) is 5.92 Å². The number of amides is 2. The van der Waals surface area contributed by atoms with Crippen LogP contribution in [0.2, 0.25) is 0 Å². The topological polar surface area (TPSA) is 67.2 Å². The summed E-state index contributed by atoms with van der Waals surface area (Å²) >= 11 is 0. The molecular formula is C17H20N4O2. The number of aromatic nitrogens is 2. The molecular weight excluding hydrogens is 292 g/mol. The second kappa shape index (κ2) is 6.64. The predicted molar refractivity (Wildman–Crippen MR) is 87.3 cm³/mol. The Labute approximate surface area is 135 Å². The van der Waals surface area contributed by atoms with Crippen LogP contribution < -0.4 is 5.32 Å². The molecule has 0 unspecified atom stereocenters. The highest BCUT2D eigenvalue weighted by molar-refractivity contribution is 5.98. The lowest BCUT2D eigenvalue weighted by Crippen LogP contribution is -2.42. The molecule has 6 heteroatoms. The lowest BCUT2D eigenvalue weighted by atomic mass is 9.89. The van der Waals surface area contributed by atoms with Crippen molar-refractivity contribution in [3.8, 4) is 0 Å². The number of ketones is 1. The van der Waals surface area contributed by atoms with Crippen LogP contribution in [0.5, 0.6) is 0 Å².